The molecule has 0 bridgehead atoms. The van der Waals surface area contributed by atoms with Crippen LogP contribution in [-0.4, -0.2) is 89.7 Å². The first-order valence-electron chi connectivity index (χ1n) is 18.4. The third-order valence-electron chi connectivity index (χ3n) is 9.59. The second-order valence-electron chi connectivity index (χ2n) is 13.1. The number of aryl methyl sites for hydroxylation is 1. The average Bonchev–Trinajstić information content (AvgIpc) is 3.46. The molecule has 2 aromatic heterocycles. The fourth-order valence-electron chi connectivity index (χ4n) is 6.74. The summed E-state index contributed by atoms with van der Waals surface area (Å²) in [6.07, 6.45) is 7.71. The molecule has 0 radical (unpaired) electrons. The number of rotatable bonds is 19. The minimum absolute atomic E-state index is 0.127. The third kappa shape index (κ3) is 9.20. The number of nitrogens with one attached hydrogen (secondary N) is 1. The van der Waals surface area contributed by atoms with Gasteiger partial charge in [-0.15, -0.1) is 5.10 Å². The molecule has 0 amide bonds. The normalized spacial score (nSPS) is 14.8. The van der Waals surface area contributed by atoms with Gasteiger partial charge in [-0.05, 0) is 69.8 Å². The molecular weight excluding hydrogens is 653 g/mol. The first kappa shape index (κ1) is 37.7. The molecule has 4 aromatic rings. The summed E-state index contributed by atoms with van der Waals surface area (Å²) in [4.78, 5) is 23.8. The van der Waals surface area contributed by atoms with E-state index in [4.69, 9.17) is 19.6 Å². The van der Waals surface area contributed by atoms with Crippen LogP contribution in [0.3, 0.4) is 0 Å². The number of benzene rings is 2. The number of nitrogens with zero attached hydrogens (tertiary/aromatic N) is 5. The van der Waals surface area contributed by atoms with Crippen LogP contribution >= 0.6 is 0 Å². The second-order valence-corrected chi connectivity index (χ2v) is 15.0. The van der Waals surface area contributed by atoms with Crippen LogP contribution in [0.5, 0.6) is 5.75 Å². The van der Waals surface area contributed by atoms with Gasteiger partial charge < -0.3 is 14.5 Å². The van der Waals surface area contributed by atoms with Crippen molar-refractivity contribution < 1.29 is 17.9 Å². The molecule has 12 heteroatoms. The summed E-state index contributed by atoms with van der Waals surface area (Å²) in [5.74, 6) is 1.59. The Morgan fingerprint density at radius 1 is 1.00 bits per heavy atom. The highest BCUT2D eigenvalue weighted by Crippen LogP contribution is 2.33. The quantitative estimate of drug-likeness (QED) is 0.114. The molecule has 1 unspecified atom stereocenters. The van der Waals surface area contributed by atoms with Gasteiger partial charge in [-0.3, -0.25) is 9.69 Å². The molecule has 1 saturated heterocycles. The maximum Gasteiger partial charge on any atom is 0.277 e. The van der Waals surface area contributed by atoms with Crippen molar-refractivity contribution in [3.05, 3.63) is 76.0 Å². The first-order valence-corrected chi connectivity index (χ1v) is 19.8. The number of morpholine rings is 1. The van der Waals surface area contributed by atoms with Gasteiger partial charge >= 0.3 is 0 Å². The lowest BCUT2D eigenvalue weighted by Crippen LogP contribution is -2.39. The summed E-state index contributed by atoms with van der Waals surface area (Å²) >= 11 is 0. The molecule has 0 spiro atoms. The molecular formula is C38H54N6O5S. The van der Waals surface area contributed by atoms with E-state index >= 15 is 0 Å². The molecule has 3 heterocycles. The van der Waals surface area contributed by atoms with Gasteiger partial charge in [0.2, 0.25) is 10.0 Å². The second kappa shape index (κ2) is 18.1. The van der Waals surface area contributed by atoms with Gasteiger partial charge in [-0.25, -0.2) is 17.9 Å². The molecule has 272 valence electrons. The van der Waals surface area contributed by atoms with E-state index in [0.29, 0.717) is 68.3 Å². The Kier molecular flexibility index (Phi) is 13.6. The van der Waals surface area contributed by atoms with Crippen molar-refractivity contribution in [1.29, 1.82) is 0 Å². The summed E-state index contributed by atoms with van der Waals surface area (Å²) in [6.45, 7) is 13.0. The van der Waals surface area contributed by atoms with Crippen molar-refractivity contribution in [1.82, 2.24) is 28.8 Å². The lowest BCUT2D eigenvalue weighted by molar-refractivity contribution is 0.0369. The van der Waals surface area contributed by atoms with Gasteiger partial charge in [0.15, 0.2) is 11.3 Å². The predicted octanol–water partition coefficient (Wildman–Crippen LogP) is 6.21. The van der Waals surface area contributed by atoms with E-state index in [1.54, 1.807) is 27.0 Å². The van der Waals surface area contributed by atoms with Crippen molar-refractivity contribution in [2.24, 2.45) is 0 Å². The summed E-state index contributed by atoms with van der Waals surface area (Å²) in [6, 6.07) is 14.8. The Morgan fingerprint density at radius 3 is 2.50 bits per heavy atom. The maximum atomic E-state index is 14.4. The van der Waals surface area contributed by atoms with E-state index in [2.05, 4.69) is 23.7 Å². The lowest BCUT2D eigenvalue weighted by atomic mass is 9.97. The smallest absolute Gasteiger partial charge is 0.277 e. The molecule has 1 N–H and O–H groups in total. The van der Waals surface area contributed by atoms with Crippen LogP contribution in [0.15, 0.2) is 58.2 Å². The van der Waals surface area contributed by atoms with E-state index in [1.165, 1.54) is 12.8 Å². The van der Waals surface area contributed by atoms with Gasteiger partial charge in [0.1, 0.15) is 11.6 Å². The van der Waals surface area contributed by atoms with E-state index in [-0.39, 0.29) is 22.2 Å². The molecule has 1 aliphatic rings. The molecule has 0 aliphatic carbocycles. The highest BCUT2D eigenvalue weighted by Gasteiger charge is 2.27. The van der Waals surface area contributed by atoms with Gasteiger partial charge in [-0.2, -0.15) is 4.31 Å². The molecule has 50 heavy (non-hydrogen) atoms. The minimum Gasteiger partial charge on any atom is -0.493 e. The number of fused-ring (bicyclic) bond motifs is 1. The zero-order chi connectivity index (χ0) is 35.5. The van der Waals surface area contributed by atoms with Crippen LogP contribution in [-0.2, 0) is 21.2 Å². The summed E-state index contributed by atoms with van der Waals surface area (Å²) in [7, 11) is -3.93. The third-order valence-corrected chi connectivity index (χ3v) is 11.5. The van der Waals surface area contributed by atoms with Crippen LogP contribution in [0.25, 0.3) is 16.9 Å². The largest absolute Gasteiger partial charge is 0.493 e. The number of imidazole rings is 1. The number of aromatic amines is 1. The maximum absolute atomic E-state index is 14.4. The lowest BCUT2D eigenvalue weighted by Gasteiger charge is -2.28. The summed E-state index contributed by atoms with van der Waals surface area (Å²) in [5, 5.41) is 4.92. The fraction of sp³-hybridized carbons (Fsp3) is 0.553. The summed E-state index contributed by atoms with van der Waals surface area (Å²) in [5.41, 5.74) is 2.20. The minimum atomic E-state index is -3.93. The van der Waals surface area contributed by atoms with Crippen molar-refractivity contribution in [2.75, 3.05) is 52.5 Å². The van der Waals surface area contributed by atoms with E-state index in [0.717, 1.165) is 56.7 Å². The topological polar surface area (TPSA) is 122 Å². The Morgan fingerprint density at radius 2 is 1.78 bits per heavy atom. The van der Waals surface area contributed by atoms with Crippen molar-refractivity contribution >= 4 is 15.5 Å². The molecule has 2 aromatic carbocycles. The zero-order valence-corrected chi connectivity index (χ0v) is 31.0. The number of hydrogen-bond donors (Lipinski definition) is 1. The van der Waals surface area contributed by atoms with Gasteiger partial charge in [0, 0.05) is 32.1 Å². The Balaban J connectivity index is 1.50. The van der Waals surface area contributed by atoms with Gasteiger partial charge in [0.25, 0.3) is 5.56 Å². The number of aromatic nitrogens is 4. The fourth-order valence-corrected chi connectivity index (χ4v) is 8.25. The van der Waals surface area contributed by atoms with Gasteiger partial charge in [-0.1, -0.05) is 69.9 Å². The van der Waals surface area contributed by atoms with Crippen molar-refractivity contribution in [3.63, 3.8) is 0 Å². The van der Waals surface area contributed by atoms with E-state index in [1.807, 2.05) is 44.2 Å². The van der Waals surface area contributed by atoms with Crippen LogP contribution in [0.1, 0.15) is 88.7 Å². The average molecular weight is 707 g/mol. The molecule has 1 aliphatic heterocycles. The molecule has 5 rings (SSSR count). The SMILES string of the molecule is CCCCCCC(CC)c1nc(C)c2c(=O)[nH]c(-c3cc(S(=O)(=O)N(CCCN4CCOCC4)CCc4ccccc4)ccc3OCC)nn12. The van der Waals surface area contributed by atoms with Crippen LogP contribution in [0.4, 0.5) is 0 Å². The Bertz CT molecular complexity index is 1840. The molecule has 1 fully saturated rings. The Labute approximate surface area is 297 Å². The van der Waals surface area contributed by atoms with E-state index in [9.17, 15) is 13.2 Å². The number of hydrogen-bond acceptors (Lipinski definition) is 8. The number of sulfonamides is 1. The number of ether oxygens (including phenoxy) is 2. The molecule has 1 atom stereocenters. The number of unbranched alkanes of at least 4 members (excludes halogenated alkanes) is 3. The van der Waals surface area contributed by atoms with E-state index < -0.39 is 10.0 Å². The van der Waals surface area contributed by atoms with Crippen LogP contribution in [0.2, 0.25) is 0 Å². The molecule has 0 saturated carbocycles. The highest BCUT2D eigenvalue weighted by molar-refractivity contribution is 7.89. The van der Waals surface area contributed by atoms with Gasteiger partial charge in [0.05, 0.1) is 36.0 Å². The number of H-pyrrole nitrogens is 1. The van der Waals surface area contributed by atoms with Crippen LogP contribution < -0.4 is 10.3 Å². The monoisotopic (exact) mass is 706 g/mol. The van der Waals surface area contributed by atoms with Crippen molar-refractivity contribution in [3.8, 4) is 17.1 Å². The van der Waals surface area contributed by atoms with Crippen molar-refractivity contribution in [2.45, 2.75) is 89.9 Å². The predicted molar refractivity (Wildman–Crippen MR) is 198 cm³/mol. The first-order chi connectivity index (χ1) is 24.3. The molecule has 11 nitrogen and oxygen atoms in total. The summed E-state index contributed by atoms with van der Waals surface area (Å²) < 4.78 is 43.6. The highest BCUT2D eigenvalue weighted by atomic mass is 32.2. The Hall–Kier alpha value is -3.58. The van der Waals surface area contributed by atoms with Crippen LogP contribution in [0, 0.1) is 6.92 Å². The standard InChI is InChI=1S/C38H54N6O5S/c1-5-8-9-13-17-31(6-2)37-39-29(4)35-38(45)40-36(41-44(35)37)33-28-32(18-19-34(33)49-7-3)50(46,47)43(23-20-30-15-11-10-12-16-30)22-14-21-42-24-26-48-27-25-42/h10-12,15-16,18-19,28,31H,5-9,13-14,17,20-27H2,1-4H3,(H,40,41,45). The zero-order valence-electron chi connectivity index (χ0n) is 30.2.